The molecular formula is C17H11N5O2. The van der Waals surface area contributed by atoms with Gasteiger partial charge < -0.3 is 10.6 Å². The molecule has 2 N–H and O–H groups in total. The van der Waals surface area contributed by atoms with Crippen molar-refractivity contribution >= 4 is 11.7 Å². The second-order valence-corrected chi connectivity index (χ2v) is 5.64. The Morgan fingerprint density at radius 2 is 1.83 bits per heavy atom. The number of hydrogen-bond acceptors (Lipinski definition) is 7. The molecule has 7 nitrogen and oxygen atoms in total. The number of carbonyl (C=O) groups is 1. The summed E-state index contributed by atoms with van der Waals surface area (Å²) in [7, 11) is 0. The molecule has 0 saturated heterocycles. The van der Waals surface area contributed by atoms with Crippen LogP contribution in [0.2, 0.25) is 0 Å². The lowest BCUT2D eigenvalue weighted by Gasteiger charge is -2.33. The van der Waals surface area contributed by atoms with Crippen LogP contribution in [-0.2, 0) is 9.63 Å². The van der Waals surface area contributed by atoms with Crippen molar-refractivity contribution in [2.24, 2.45) is 21.7 Å². The molecule has 1 heterocycles. The lowest BCUT2D eigenvalue weighted by Crippen LogP contribution is -2.45. The first-order valence-electron chi connectivity index (χ1n) is 7.05. The van der Waals surface area contributed by atoms with Crippen molar-refractivity contribution in [3.8, 4) is 18.2 Å². The molecule has 1 aliphatic carbocycles. The first-order valence-corrected chi connectivity index (χ1v) is 7.05. The third-order valence-corrected chi connectivity index (χ3v) is 4.71. The van der Waals surface area contributed by atoms with Gasteiger partial charge in [-0.2, -0.15) is 15.8 Å². The summed E-state index contributed by atoms with van der Waals surface area (Å²) in [4.78, 5) is 17.4. The fraction of sp³-hybridized carbons (Fsp3) is 0.235. The largest absolute Gasteiger partial charge is 0.400 e. The summed E-state index contributed by atoms with van der Waals surface area (Å²) in [5.74, 6) is -1.80. The van der Waals surface area contributed by atoms with Crippen LogP contribution in [0.4, 0.5) is 0 Å². The lowest BCUT2D eigenvalue weighted by molar-refractivity contribution is -0.147. The van der Waals surface area contributed by atoms with Crippen molar-refractivity contribution < 1.29 is 9.63 Å². The SMILES string of the molecule is CC1=NOC(=O)[C@@]12C(N)=C(C#N)C(C#N)(C#N)[C@H]2c1ccccc1. The highest BCUT2D eigenvalue weighted by molar-refractivity contribution is 6.13. The molecule has 0 saturated carbocycles. The maximum Gasteiger partial charge on any atom is 0.353 e. The van der Waals surface area contributed by atoms with E-state index in [1.54, 1.807) is 30.3 Å². The molecule has 24 heavy (non-hydrogen) atoms. The number of oxime groups is 1. The molecular weight excluding hydrogens is 306 g/mol. The van der Waals surface area contributed by atoms with E-state index in [9.17, 15) is 20.6 Å². The van der Waals surface area contributed by atoms with Gasteiger partial charge in [-0.05, 0) is 12.5 Å². The summed E-state index contributed by atoms with van der Waals surface area (Å²) in [6, 6.07) is 14.2. The maximum absolute atomic E-state index is 12.6. The number of nitrogens with zero attached hydrogens (tertiary/aromatic N) is 4. The summed E-state index contributed by atoms with van der Waals surface area (Å²) in [5.41, 5.74) is 2.99. The van der Waals surface area contributed by atoms with Crippen LogP contribution < -0.4 is 5.73 Å². The van der Waals surface area contributed by atoms with E-state index in [0.717, 1.165) is 0 Å². The molecule has 1 spiro atoms. The monoisotopic (exact) mass is 317 g/mol. The second kappa shape index (κ2) is 4.94. The van der Waals surface area contributed by atoms with E-state index in [1.807, 2.05) is 18.2 Å². The normalized spacial score (nSPS) is 27.2. The van der Waals surface area contributed by atoms with Gasteiger partial charge >= 0.3 is 5.97 Å². The van der Waals surface area contributed by atoms with Crippen molar-refractivity contribution in [2.45, 2.75) is 12.8 Å². The number of carbonyl (C=O) groups excluding carboxylic acids is 1. The molecule has 7 heteroatoms. The zero-order chi connectivity index (χ0) is 17.5. The van der Waals surface area contributed by atoms with Crippen LogP contribution in [0, 0.1) is 44.8 Å². The summed E-state index contributed by atoms with van der Waals surface area (Å²) in [5, 5.41) is 32.8. The molecule has 0 unspecified atom stereocenters. The third-order valence-electron chi connectivity index (χ3n) is 4.71. The Bertz CT molecular complexity index is 912. The molecule has 1 aromatic carbocycles. The maximum atomic E-state index is 12.6. The van der Waals surface area contributed by atoms with E-state index in [0.29, 0.717) is 5.56 Å². The van der Waals surface area contributed by atoms with Crippen LogP contribution in [0.1, 0.15) is 18.4 Å². The summed E-state index contributed by atoms with van der Waals surface area (Å²) in [6.07, 6.45) is 0. The van der Waals surface area contributed by atoms with Crippen molar-refractivity contribution in [1.29, 1.82) is 15.8 Å². The molecule has 2 atom stereocenters. The van der Waals surface area contributed by atoms with Crippen LogP contribution in [-0.4, -0.2) is 11.7 Å². The highest BCUT2D eigenvalue weighted by atomic mass is 16.7. The van der Waals surface area contributed by atoms with Gasteiger partial charge in [0, 0.05) is 11.6 Å². The summed E-state index contributed by atoms with van der Waals surface area (Å²) in [6.45, 7) is 1.54. The van der Waals surface area contributed by atoms with E-state index in [4.69, 9.17) is 10.6 Å². The molecule has 0 bridgehead atoms. The molecule has 0 amide bonds. The van der Waals surface area contributed by atoms with Crippen molar-refractivity contribution in [2.75, 3.05) is 0 Å². The van der Waals surface area contributed by atoms with Crippen LogP contribution in [0.5, 0.6) is 0 Å². The Hall–Kier alpha value is -3.63. The van der Waals surface area contributed by atoms with E-state index < -0.39 is 22.7 Å². The van der Waals surface area contributed by atoms with Gasteiger partial charge in [0.25, 0.3) is 0 Å². The average molecular weight is 317 g/mol. The fourth-order valence-corrected chi connectivity index (χ4v) is 3.63. The Morgan fingerprint density at radius 3 is 2.29 bits per heavy atom. The number of benzene rings is 1. The van der Waals surface area contributed by atoms with E-state index in [1.165, 1.54) is 6.92 Å². The average Bonchev–Trinajstić information content (AvgIpc) is 3.03. The van der Waals surface area contributed by atoms with Crippen molar-refractivity contribution in [3.05, 3.63) is 47.2 Å². The molecule has 0 aromatic heterocycles. The first kappa shape index (κ1) is 15.3. The molecule has 0 fully saturated rings. The Morgan fingerprint density at radius 1 is 1.21 bits per heavy atom. The predicted molar refractivity (Wildman–Crippen MR) is 81.3 cm³/mol. The zero-order valence-electron chi connectivity index (χ0n) is 12.6. The highest BCUT2D eigenvalue weighted by Gasteiger charge is 2.71. The fourth-order valence-electron chi connectivity index (χ4n) is 3.63. The number of allylic oxidation sites excluding steroid dienone is 1. The van der Waals surface area contributed by atoms with Gasteiger partial charge in [-0.1, -0.05) is 35.5 Å². The zero-order valence-corrected chi connectivity index (χ0v) is 12.6. The standard InChI is InChI=1S/C17H11N5O2/c1-10-17(15(23)24-22-10)13(11-5-3-2-4-6-11)16(8-19,9-20)12(7-18)14(17)21/h2-6,13H,21H2,1H3/t13-,17+/m1/s1. The van der Waals surface area contributed by atoms with Gasteiger partial charge in [0.15, 0.2) is 10.8 Å². The Labute approximate surface area is 137 Å². The minimum Gasteiger partial charge on any atom is -0.400 e. The highest BCUT2D eigenvalue weighted by Crippen LogP contribution is 2.62. The smallest absolute Gasteiger partial charge is 0.353 e. The molecule has 116 valence electrons. The number of rotatable bonds is 1. The van der Waals surface area contributed by atoms with Crippen LogP contribution in [0.25, 0.3) is 0 Å². The van der Waals surface area contributed by atoms with Gasteiger partial charge in [-0.3, -0.25) is 0 Å². The van der Waals surface area contributed by atoms with Gasteiger partial charge in [-0.25, -0.2) is 4.79 Å². The quantitative estimate of drug-likeness (QED) is 0.779. The molecule has 1 aliphatic heterocycles. The Balaban J connectivity index is 2.45. The van der Waals surface area contributed by atoms with Gasteiger partial charge in [-0.15, -0.1) is 0 Å². The molecule has 2 aliphatic rings. The van der Waals surface area contributed by atoms with Crippen LogP contribution in [0.15, 0.2) is 46.8 Å². The topological polar surface area (TPSA) is 136 Å². The first-order chi connectivity index (χ1) is 11.5. The van der Waals surface area contributed by atoms with Crippen LogP contribution >= 0.6 is 0 Å². The summed E-state index contributed by atoms with van der Waals surface area (Å²) < 4.78 is 0. The minimum absolute atomic E-state index is 0.147. The van der Waals surface area contributed by atoms with Crippen LogP contribution in [0.3, 0.4) is 0 Å². The van der Waals surface area contributed by atoms with E-state index in [2.05, 4.69) is 5.16 Å². The van der Waals surface area contributed by atoms with Gasteiger partial charge in [0.1, 0.15) is 0 Å². The van der Waals surface area contributed by atoms with Crippen molar-refractivity contribution in [3.63, 3.8) is 0 Å². The number of nitrogens with two attached hydrogens (primary N) is 1. The summed E-state index contributed by atoms with van der Waals surface area (Å²) >= 11 is 0. The van der Waals surface area contributed by atoms with E-state index in [-0.39, 0.29) is 17.0 Å². The Kier molecular flexibility index (Phi) is 3.14. The second-order valence-electron chi connectivity index (χ2n) is 5.64. The molecule has 1 aromatic rings. The van der Waals surface area contributed by atoms with Gasteiger partial charge in [0.05, 0.1) is 29.5 Å². The number of hydrogen-bond donors (Lipinski definition) is 1. The minimum atomic E-state index is -1.90. The number of nitriles is 3. The lowest BCUT2D eigenvalue weighted by atomic mass is 9.62. The predicted octanol–water partition coefficient (Wildman–Crippen LogP) is 1.47. The van der Waals surface area contributed by atoms with Crippen molar-refractivity contribution in [1.82, 2.24) is 0 Å². The van der Waals surface area contributed by atoms with E-state index >= 15 is 0 Å². The molecule has 3 rings (SSSR count). The molecule has 0 radical (unpaired) electrons. The van der Waals surface area contributed by atoms with Gasteiger partial charge in [0.2, 0.25) is 0 Å². The third kappa shape index (κ3) is 1.47.